The highest BCUT2D eigenvalue weighted by molar-refractivity contribution is 7.21. The Morgan fingerprint density at radius 3 is 2.37 bits per heavy atom. The summed E-state index contributed by atoms with van der Waals surface area (Å²) in [6.07, 6.45) is 0.912. The molecular weight excluding hydrogens is 392 g/mol. The highest BCUT2D eigenvalue weighted by atomic mass is 32.1. The van der Waals surface area contributed by atoms with Crippen LogP contribution in [0.2, 0.25) is 0 Å². The van der Waals surface area contributed by atoms with Crippen LogP contribution in [-0.4, -0.2) is 10.8 Å². The maximum Gasteiger partial charge on any atom is 0.205 e. The molecule has 0 unspecified atom stereocenters. The lowest BCUT2D eigenvalue weighted by Crippen LogP contribution is -2.03. The summed E-state index contributed by atoms with van der Waals surface area (Å²) in [7, 11) is 0. The number of fused-ring (bicyclic) bond motifs is 1. The van der Waals surface area contributed by atoms with Crippen LogP contribution in [0.15, 0.2) is 48.5 Å². The van der Waals surface area contributed by atoms with E-state index in [9.17, 15) is 10.1 Å². The fourth-order valence-corrected chi connectivity index (χ4v) is 4.56. The smallest absolute Gasteiger partial charge is 0.205 e. The zero-order valence-corrected chi connectivity index (χ0v) is 17.5. The van der Waals surface area contributed by atoms with Crippen molar-refractivity contribution >= 4 is 38.8 Å². The lowest BCUT2D eigenvalue weighted by Gasteiger charge is -2.10. The molecule has 148 valence electrons. The maximum absolute atomic E-state index is 13.1. The van der Waals surface area contributed by atoms with Crippen LogP contribution in [0, 0.1) is 18.3 Å². The molecule has 4 aromatic rings. The average Bonchev–Trinajstić information content (AvgIpc) is 3.08. The van der Waals surface area contributed by atoms with Gasteiger partial charge in [-0.25, -0.2) is 4.98 Å². The van der Waals surface area contributed by atoms with Gasteiger partial charge in [-0.15, -0.1) is 11.3 Å². The second kappa shape index (κ2) is 7.62. The molecule has 0 fully saturated rings. The summed E-state index contributed by atoms with van der Waals surface area (Å²) >= 11 is 1.21. The third kappa shape index (κ3) is 3.19. The van der Waals surface area contributed by atoms with E-state index >= 15 is 0 Å². The number of ketones is 1. The number of rotatable bonds is 4. The molecular formula is C24H20N4OS. The second-order valence-corrected chi connectivity index (χ2v) is 8.13. The van der Waals surface area contributed by atoms with E-state index in [4.69, 9.17) is 11.5 Å². The largest absolute Gasteiger partial charge is 0.397 e. The van der Waals surface area contributed by atoms with Crippen LogP contribution in [0.3, 0.4) is 0 Å². The Balaban J connectivity index is 1.97. The highest BCUT2D eigenvalue weighted by Crippen LogP contribution is 2.43. The van der Waals surface area contributed by atoms with Gasteiger partial charge < -0.3 is 11.5 Å². The van der Waals surface area contributed by atoms with Gasteiger partial charge in [0, 0.05) is 16.5 Å². The van der Waals surface area contributed by atoms with Crippen molar-refractivity contribution in [3.05, 3.63) is 75.7 Å². The number of nitrogen functional groups attached to an aromatic ring is 2. The molecule has 0 aliphatic heterocycles. The lowest BCUT2D eigenvalue weighted by molar-refractivity contribution is 0.104. The van der Waals surface area contributed by atoms with E-state index in [1.807, 2.05) is 43.3 Å². The number of pyridine rings is 1. The molecule has 0 atom stereocenters. The first kappa shape index (κ1) is 19.6. The van der Waals surface area contributed by atoms with Crippen LogP contribution in [0.5, 0.6) is 0 Å². The number of nitrogens with zero attached hydrogens (tertiary/aromatic N) is 2. The number of aryl methyl sites for hydroxylation is 2. The fraction of sp³-hybridized carbons (Fsp3) is 0.125. The Kier molecular flexibility index (Phi) is 4.98. The molecule has 0 radical (unpaired) electrons. The van der Waals surface area contributed by atoms with Crippen molar-refractivity contribution in [3.8, 4) is 17.2 Å². The van der Waals surface area contributed by atoms with Crippen LogP contribution in [-0.2, 0) is 6.42 Å². The van der Waals surface area contributed by atoms with Gasteiger partial charge >= 0.3 is 0 Å². The number of aromatic nitrogens is 1. The Hall–Kier alpha value is -3.69. The van der Waals surface area contributed by atoms with E-state index in [0.717, 1.165) is 17.5 Å². The summed E-state index contributed by atoms with van der Waals surface area (Å²) in [4.78, 5) is 18.5. The molecule has 0 saturated heterocycles. The molecule has 30 heavy (non-hydrogen) atoms. The van der Waals surface area contributed by atoms with Gasteiger partial charge in [0.15, 0.2) is 0 Å². The molecule has 4 N–H and O–H groups in total. The fourth-order valence-electron chi connectivity index (χ4n) is 3.48. The summed E-state index contributed by atoms with van der Waals surface area (Å²) in [5.41, 5.74) is 17.4. The second-order valence-electron chi connectivity index (χ2n) is 7.13. The zero-order chi connectivity index (χ0) is 21.4. The maximum atomic E-state index is 13.1. The molecule has 0 saturated carbocycles. The topological polar surface area (TPSA) is 106 Å². The molecule has 0 bridgehead atoms. The van der Waals surface area contributed by atoms with E-state index in [2.05, 4.69) is 18.0 Å². The van der Waals surface area contributed by atoms with Gasteiger partial charge in [0.1, 0.15) is 27.2 Å². The minimum absolute atomic E-state index is 0.134. The Labute approximate surface area is 178 Å². The van der Waals surface area contributed by atoms with Crippen molar-refractivity contribution in [2.75, 3.05) is 11.5 Å². The summed E-state index contributed by atoms with van der Waals surface area (Å²) in [6, 6.07) is 17.4. The molecule has 0 amide bonds. The number of nitrogens with two attached hydrogens (primary N) is 2. The standard InChI is InChI=1S/C24H20N4OS/c1-3-14-6-10-15(11-7-14)18-17(12-25)23(27)28-24-19(18)20(26)22(30-24)21(29)16-8-4-13(2)5-9-16/h4-11H,3,26H2,1-2H3,(H2,27,28). The summed E-state index contributed by atoms with van der Waals surface area (Å²) in [6.45, 7) is 4.05. The monoisotopic (exact) mass is 412 g/mol. The predicted molar refractivity (Wildman–Crippen MR) is 123 cm³/mol. The van der Waals surface area contributed by atoms with E-state index in [0.29, 0.717) is 31.9 Å². The van der Waals surface area contributed by atoms with Crippen LogP contribution in [0.25, 0.3) is 21.3 Å². The SMILES string of the molecule is CCc1ccc(-c2c(C#N)c(N)nc3sc(C(=O)c4ccc(C)cc4)c(N)c23)cc1. The summed E-state index contributed by atoms with van der Waals surface area (Å²) in [5.74, 6) is -0.0324. The number of thiophene rings is 1. The van der Waals surface area contributed by atoms with Crippen molar-refractivity contribution in [1.29, 1.82) is 5.26 Å². The van der Waals surface area contributed by atoms with Crippen molar-refractivity contribution in [3.63, 3.8) is 0 Å². The number of hydrogen-bond donors (Lipinski definition) is 2. The Morgan fingerprint density at radius 2 is 1.77 bits per heavy atom. The van der Waals surface area contributed by atoms with E-state index in [1.54, 1.807) is 12.1 Å². The van der Waals surface area contributed by atoms with E-state index in [1.165, 1.54) is 16.9 Å². The normalized spacial score (nSPS) is 10.8. The molecule has 0 spiro atoms. The lowest BCUT2D eigenvalue weighted by atomic mass is 9.95. The van der Waals surface area contributed by atoms with Crippen LogP contribution in [0.4, 0.5) is 11.5 Å². The Morgan fingerprint density at radius 1 is 1.10 bits per heavy atom. The van der Waals surface area contributed by atoms with Crippen molar-refractivity contribution in [1.82, 2.24) is 4.98 Å². The third-order valence-corrected chi connectivity index (χ3v) is 6.29. The number of benzene rings is 2. The molecule has 4 rings (SSSR count). The first-order valence-electron chi connectivity index (χ1n) is 9.56. The number of hydrogen-bond acceptors (Lipinski definition) is 6. The van der Waals surface area contributed by atoms with Gasteiger partial charge in [0.2, 0.25) is 5.78 Å². The predicted octanol–water partition coefficient (Wildman–Crippen LogP) is 5.10. The van der Waals surface area contributed by atoms with Gasteiger partial charge in [0.05, 0.1) is 5.69 Å². The zero-order valence-electron chi connectivity index (χ0n) is 16.7. The molecule has 6 heteroatoms. The molecule has 0 aliphatic rings. The van der Waals surface area contributed by atoms with Crippen LogP contribution < -0.4 is 11.5 Å². The van der Waals surface area contributed by atoms with Crippen molar-refractivity contribution in [2.24, 2.45) is 0 Å². The highest BCUT2D eigenvalue weighted by Gasteiger charge is 2.24. The first-order chi connectivity index (χ1) is 14.4. The van der Waals surface area contributed by atoms with Crippen LogP contribution in [0.1, 0.15) is 38.8 Å². The molecule has 0 aliphatic carbocycles. The molecule has 2 heterocycles. The van der Waals surface area contributed by atoms with Gasteiger partial charge in [0.25, 0.3) is 0 Å². The summed E-state index contributed by atoms with van der Waals surface area (Å²) in [5, 5.41) is 10.4. The van der Waals surface area contributed by atoms with Crippen molar-refractivity contribution in [2.45, 2.75) is 20.3 Å². The number of carbonyl (C=O) groups excluding carboxylic acids is 1. The minimum Gasteiger partial charge on any atom is -0.397 e. The third-order valence-electron chi connectivity index (χ3n) is 5.19. The number of carbonyl (C=O) groups is 1. The minimum atomic E-state index is -0.167. The van der Waals surface area contributed by atoms with Gasteiger partial charge in [-0.3, -0.25) is 4.79 Å². The molecule has 2 aromatic heterocycles. The van der Waals surface area contributed by atoms with Crippen molar-refractivity contribution < 1.29 is 4.79 Å². The number of nitriles is 1. The van der Waals surface area contributed by atoms with Gasteiger partial charge in [-0.2, -0.15) is 5.26 Å². The average molecular weight is 413 g/mol. The van der Waals surface area contributed by atoms with Crippen LogP contribution >= 0.6 is 11.3 Å². The molecule has 5 nitrogen and oxygen atoms in total. The van der Waals surface area contributed by atoms with Gasteiger partial charge in [-0.1, -0.05) is 61.0 Å². The Bertz CT molecular complexity index is 1310. The van der Waals surface area contributed by atoms with E-state index < -0.39 is 0 Å². The number of anilines is 2. The van der Waals surface area contributed by atoms with E-state index in [-0.39, 0.29) is 17.2 Å². The quantitative estimate of drug-likeness (QED) is 0.454. The van der Waals surface area contributed by atoms with Gasteiger partial charge in [-0.05, 0) is 24.5 Å². The molecule has 2 aromatic carbocycles. The first-order valence-corrected chi connectivity index (χ1v) is 10.4. The summed E-state index contributed by atoms with van der Waals surface area (Å²) < 4.78 is 0.